The van der Waals surface area contributed by atoms with Gasteiger partial charge in [-0.2, -0.15) is 0 Å². The highest BCUT2D eigenvalue weighted by molar-refractivity contribution is 9.10. The Morgan fingerprint density at radius 2 is 2.08 bits per heavy atom. The van der Waals surface area contributed by atoms with E-state index in [4.69, 9.17) is 5.11 Å². The number of rotatable bonds is 0. The number of halogens is 1. The van der Waals surface area contributed by atoms with Crippen LogP contribution in [0.5, 0.6) is 5.88 Å². The van der Waals surface area contributed by atoms with Crippen LogP contribution >= 0.6 is 15.9 Å². The molecule has 66 valence electrons. The van der Waals surface area contributed by atoms with Crippen LogP contribution in [0.1, 0.15) is 5.56 Å². The molecular weight excluding hydrogens is 232 g/mol. The molecule has 0 saturated carbocycles. The van der Waals surface area contributed by atoms with E-state index in [1.54, 1.807) is 0 Å². The first-order valence-corrected chi connectivity index (χ1v) is 4.58. The number of aromatic hydroxyl groups is 1. The van der Waals surface area contributed by atoms with Crippen LogP contribution in [0, 0.1) is 6.92 Å². The number of nitrogens with zero attached hydrogens (tertiary/aromatic N) is 2. The summed E-state index contributed by atoms with van der Waals surface area (Å²) in [5, 5.41) is 9.10. The van der Waals surface area contributed by atoms with Crippen LogP contribution in [0.15, 0.2) is 22.8 Å². The summed E-state index contributed by atoms with van der Waals surface area (Å²) >= 11 is 3.39. The second-order valence-corrected chi connectivity index (χ2v) is 3.67. The summed E-state index contributed by atoms with van der Waals surface area (Å²) in [6.07, 6.45) is 1.34. The van der Waals surface area contributed by atoms with Gasteiger partial charge in [0, 0.05) is 4.47 Å². The van der Waals surface area contributed by atoms with Gasteiger partial charge in [0.15, 0.2) is 0 Å². The predicted molar refractivity (Wildman–Crippen MR) is 53.6 cm³/mol. The minimum absolute atomic E-state index is 0.0525. The van der Waals surface area contributed by atoms with E-state index in [-0.39, 0.29) is 5.88 Å². The van der Waals surface area contributed by atoms with Crippen LogP contribution < -0.4 is 0 Å². The van der Waals surface area contributed by atoms with Gasteiger partial charge in [-0.15, -0.1) is 0 Å². The van der Waals surface area contributed by atoms with Crippen molar-refractivity contribution in [2.45, 2.75) is 6.92 Å². The number of aromatic nitrogens is 2. The average molecular weight is 239 g/mol. The van der Waals surface area contributed by atoms with E-state index in [9.17, 15) is 0 Å². The third kappa shape index (κ3) is 1.49. The Morgan fingerprint density at radius 1 is 1.31 bits per heavy atom. The third-order valence-electron chi connectivity index (χ3n) is 1.81. The van der Waals surface area contributed by atoms with Crippen LogP contribution in [0.2, 0.25) is 0 Å². The topological polar surface area (TPSA) is 46.0 Å². The second-order valence-electron chi connectivity index (χ2n) is 2.82. The van der Waals surface area contributed by atoms with Gasteiger partial charge in [-0.25, -0.2) is 9.97 Å². The third-order valence-corrected chi connectivity index (χ3v) is 2.66. The van der Waals surface area contributed by atoms with Crippen LogP contribution in [0.25, 0.3) is 11.0 Å². The fourth-order valence-electron chi connectivity index (χ4n) is 1.13. The lowest BCUT2D eigenvalue weighted by molar-refractivity contribution is 0.453. The van der Waals surface area contributed by atoms with Gasteiger partial charge in [0.25, 0.3) is 0 Å². The van der Waals surface area contributed by atoms with Gasteiger partial charge in [0.2, 0.25) is 5.88 Å². The molecule has 0 aliphatic rings. The molecule has 13 heavy (non-hydrogen) atoms. The van der Waals surface area contributed by atoms with Crippen LogP contribution in [-0.4, -0.2) is 15.1 Å². The number of hydrogen-bond donors (Lipinski definition) is 1. The van der Waals surface area contributed by atoms with Gasteiger partial charge in [0.1, 0.15) is 0 Å². The van der Waals surface area contributed by atoms with Crippen molar-refractivity contribution in [1.29, 1.82) is 0 Å². The van der Waals surface area contributed by atoms with Gasteiger partial charge in [-0.3, -0.25) is 0 Å². The highest BCUT2D eigenvalue weighted by Crippen LogP contribution is 2.22. The molecule has 1 aromatic carbocycles. The molecule has 3 nitrogen and oxygen atoms in total. The predicted octanol–water partition coefficient (Wildman–Crippen LogP) is 2.41. The zero-order chi connectivity index (χ0) is 9.42. The summed E-state index contributed by atoms with van der Waals surface area (Å²) in [5.74, 6) is -0.0525. The van der Waals surface area contributed by atoms with Gasteiger partial charge >= 0.3 is 0 Å². The molecule has 0 amide bonds. The van der Waals surface area contributed by atoms with E-state index in [2.05, 4.69) is 25.9 Å². The lowest BCUT2D eigenvalue weighted by atomic mass is 10.2. The number of benzene rings is 1. The largest absolute Gasteiger partial charge is 0.492 e. The summed E-state index contributed by atoms with van der Waals surface area (Å²) in [6, 6.07) is 3.77. The van der Waals surface area contributed by atoms with Crippen molar-refractivity contribution in [2.75, 3.05) is 0 Å². The monoisotopic (exact) mass is 238 g/mol. The number of hydrogen-bond acceptors (Lipinski definition) is 3. The molecule has 0 unspecified atom stereocenters. The van der Waals surface area contributed by atoms with Crippen LogP contribution in [-0.2, 0) is 0 Å². The van der Waals surface area contributed by atoms with E-state index >= 15 is 0 Å². The Kier molecular flexibility index (Phi) is 1.92. The molecule has 1 aromatic heterocycles. The van der Waals surface area contributed by atoms with Crippen molar-refractivity contribution in [3.8, 4) is 5.88 Å². The van der Waals surface area contributed by atoms with E-state index in [1.165, 1.54) is 6.20 Å². The molecule has 0 fully saturated rings. The minimum atomic E-state index is -0.0525. The molecule has 0 atom stereocenters. The molecule has 4 heteroatoms. The number of aryl methyl sites for hydroxylation is 1. The SMILES string of the molecule is Cc1cc2ncc(O)nc2cc1Br. The molecule has 1 N–H and O–H groups in total. The fourth-order valence-corrected chi connectivity index (χ4v) is 1.46. The van der Waals surface area contributed by atoms with E-state index in [1.807, 2.05) is 19.1 Å². The van der Waals surface area contributed by atoms with Crippen molar-refractivity contribution in [3.05, 3.63) is 28.4 Å². The molecular formula is C9H7BrN2O. The lowest BCUT2D eigenvalue weighted by Gasteiger charge is -2.00. The molecule has 0 aliphatic heterocycles. The Hall–Kier alpha value is -1.16. The van der Waals surface area contributed by atoms with E-state index < -0.39 is 0 Å². The van der Waals surface area contributed by atoms with Gasteiger partial charge < -0.3 is 5.11 Å². The van der Waals surface area contributed by atoms with Crippen molar-refractivity contribution in [3.63, 3.8) is 0 Å². The maximum atomic E-state index is 9.10. The van der Waals surface area contributed by atoms with E-state index in [0.29, 0.717) is 5.52 Å². The molecule has 2 rings (SSSR count). The summed E-state index contributed by atoms with van der Waals surface area (Å²) < 4.78 is 0.972. The first-order chi connectivity index (χ1) is 6.16. The highest BCUT2D eigenvalue weighted by Gasteiger charge is 2.01. The maximum Gasteiger partial charge on any atom is 0.230 e. The molecule has 0 saturated heterocycles. The normalized spacial score (nSPS) is 10.6. The zero-order valence-electron chi connectivity index (χ0n) is 6.95. The minimum Gasteiger partial charge on any atom is -0.492 e. The Labute approximate surface area is 83.6 Å². The smallest absolute Gasteiger partial charge is 0.230 e. The first-order valence-electron chi connectivity index (χ1n) is 3.78. The molecule has 0 aliphatic carbocycles. The Balaban J connectivity index is 2.81. The van der Waals surface area contributed by atoms with E-state index in [0.717, 1.165) is 15.6 Å². The molecule has 1 heterocycles. The van der Waals surface area contributed by atoms with Gasteiger partial charge in [0.05, 0.1) is 17.2 Å². The zero-order valence-corrected chi connectivity index (χ0v) is 8.54. The first kappa shape index (κ1) is 8.44. The van der Waals surface area contributed by atoms with Gasteiger partial charge in [-0.1, -0.05) is 15.9 Å². The maximum absolute atomic E-state index is 9.10. The molecule has 0 bridgehead atoms. The lowest BCUT2D eigenvalue weighted by Crippen LogP contribution is -1.85. The molecule has 0 radical (unpaired) electrons. The summed E-state index contributed by atoms with van der Waals surface area (Å²) in [5.41, 5.74) is 2.59. The quantitative estimate of drug-likeness (QED) is 0.767. The number of fused-ring (bicyclic) bond motifs is 1. The summed E-state index contributed by atoms with van der Waals surface area (Å²) in [7, 11) is 0. The Bertz CT molecular complexity index is 470. The van der Waals surface area contributed by atoms with Crippen molar-refractivity contribution >= 4 is 27.0 Å². The Morgan fingerprint density at radius 3 is 2.85 bits per heavy atom. The van der Waals surface area contributed by atoms with Crippen molar-refractivity contribution < 1.29 is 5.11 Å². The standard InChI is InChI=1S/C9H7BrN2O/c1-5-2-7-8(3-6(5)10)12-9(13)4-11-7/h2-4H,1H3,(H,12,13). The average Bonchev–Trinajstić information content (AvgIpc) is 2.08. The second kappa shape index (κ2) is 2.96. The van der Waals surface area contributed by atoms with Crippen LogP contribution in [0.4, 0.5) is 0 Å². The summed E-state index contributed by atoms with van der Waals surface area (Å²) in [4.78, 5) is 7.99. The molecule has 2 aromatic rings. The van der Waals surface area contributed by atoms with Crippen molar-refractivity contribution in [1.82, 2.24) is 9.97 Å². The fraction of sp³-hybridized carbons (Fsp3) is 0.111. The molecule has 0 spiro atoms. The summed E-state index contributed by atoms with van der Waals surface area (Å²) in [6.45, 7) is 1.98. The van der Waals surface area contributed by atoms with Crippen molar-refractivity contribution in [2.24, 2.45) is 0 Å². The highest BCUT2D eigenvalue weighted by atomic mass is 79.9. The van der Waals surface area contributed by atoms with Crippen LogP contribution in [0.3, 0.4) is 0 Å². The van der Waals surface area contributed by atoms with Gasteiger partial charge in [-0.05, 0) is 24.6 Å².